The average molecular weight is 663 g/mol. The molecule has 8 nitrogen and oxygen atoms in total. The van der Waals surface area contributed by atoms with Crippen LogP contribution < -0.4 is 19.7 Å². The number of aliphatic carboxylic acids is 1. The van der Waals surface area contributed by atoms with Crippen LogP contribution in [0.2, 0.25) is 36.3 Å². The van der Waals surface area contributed by atoms with E-state index in [2.05, 4.69) is 90.7 Å². The lowest BCUT2D eigenvalue weighted by Gasteiger charge is -2.39. The fraction of sp³-hybridized carbons (Fsp3) is 0.444. The number of fused-ring (bicyclic) bond motifs is 3. The molecule has 0 bridgehead atoms. The molecule has 1 aliphatic carbocycles. The van der Waals surface area contributed by atoms with Gasteiger partial charge in [0, 0.05) is 12.3 Å². The van der Waals surface area contributed by atoms with Gasteiger partial charge in [-0.25, -0.2) is 10.2 Å². The standard InChI is InChI=1S/C36H50N2O6Si2/c1-35(2,3)45(7,8)43-31-20-19-24(22-32(31)44-46(9,10)36(4,5)6)21-30(33(39)40)37-38-34(41)42-23-29-27-17-13-11-15-25(27)26-16-12-14-18-28(26)29/h11-20,22,29-30,37H,21,23H2,1-10H3,(H,38,41)(H,39,40)/t30-/m0/s1. The second kappa shape index (κ2) is 13.3. The molecule has 4 rings (SSSR count). The number of hydrogen-bond donors (Lipinski definition) is 3. The Balaban J connectivity index is 1.46. The first-order valence-corrected chi connectivity index (χ1v) is 21.7. The number of carboxylic acids is 1. The third-order valence-electron chi connectivity index (χ3n) is 9.78. The molecule has 0 aromatic heterocycles. The van der Waals surface area contributed by atoms with Crippen molar-refractivity contribution in [1.29, 1.82) is 0 Å². The van der Waals surface area contributed by atoms with Crippen LogP contribution in [0.25, 0.3) is 11.1 Å². The number of nitrogens with one attached hydrogen (secondary N) is 2. The molecule has 0 aliphatic heterocycles. The highest BCUT2D eigenvalue weighted by Gasteiger charge is 2.42. The fourth-order valence-corrected chi connectivity index (χ4v) is 6.96. The van der Waals surface area contributed by atoms with Crippen LogP contribution in [0.15, 0.2) is 66.7 Å². The lowest BCUT2D eigenvalue weighted by Crippen LogP contribution is -2.49. The van der Waals surface area contributed by atoms with Crippen LogP contribution in [0.4, 0.5) is 4.79 Å². The SMILES string of the molecule is CC(C)(C)[Si](C)(C)Oc1ccc(C[C@H](NNC(=O)OCC2c3ccccc3-c3ccccc32)C(=O)O)cc1O[Si](C)(C)C(C)(C)C. The van der Waals surface area contributed by atoms with E-state index in [4.69, 9.17) is 13.6 Å². The molecule has 3 N–H and O–H groups in total. The number of carboxylic acid groups (broad SMARTS) is 1. The van der Waals surface area contributed by atoms with Crippen LogP contribution >= 0.6 is 0 Å². The topological polar surface area (TPSA) is 106 Å². The molecule has 0 fully saturated rings. The van der Waals surface area contributed by atoms with E-state index in [1.165, 1.54) is 0 Å². The number of hydrazine groups is 1. The normalized spacial score (nSPS) is 14.2. The third-order valence-corrected chi connectivity index (χ3v) is 18.5. The zero-order chi connectivity index (χ0) is 34.1. The van der Waals surface area contributed by atoms with Gasteiger partial charge < -0.3 is 18.7 Å². The van der Waals surface area contributed by atoms with E-state index < -0.39 is 34.7 Å². The van der Waals surface area contributed by atoms with E-state index in [1.807, 2.05) is 54.6 Å². The Morgan fingerprint density at radius 3 is 1.78 bits per heavy atom. The Bertz CT molecular complexity index is 1530. The number of benzene rings is 3. The highest BCUT2D eigenvalue weighted by atomic mass is 28.4. The predicted octanol–water partition coefficient (Wildman–Crippen LogP) is 8.49. The third kappa shape index (κ3) is 7.84. The van der Waals surface area contributed by atoms with E-state index in [9.17, 15) is 14.7 Å². The second-order valence-electron chi connectivity index (χ2n) is 15.2. The van der Waals surface area contributed by atoms with Gasteiger partial charge in [-0.15, -0.1) is 0 Å². The molecule has 0 heterocycles. The average Bonchev–Trinajstić information content (AvgIpc) is 3.27. The van der Waals surface area contributed by atoms with Crippen molar-refractivity contribution < 1.29 is 28.3 Å². The van der Waals surface area contributed by atoms with E-state index in [0.29, 0.717) is 11.5 Å². The molecule has 1 atom stereocenters. The van der Waals surface area contributed by atoms with Crippen molar-refractivity contribution in [3.8, 4) is 22.6 Å². The summed E-state index contributed by atoms with van der Waals surface area (Å²) in [6.07, 6.45) is -0.638. The lowest BCUT2D eigenvalue weighted by molar-refractivity contribution is -0.139. The molecule has 3 aromatic carbocycles. The maximum atomic E-state index is 12.7. The Morgan fingerprint density at radius 1 is 0.783 bits per heavy atom. The molecule has 0 saturated carbocycles. The molecule has 46 heavy (non-hydrogen) atoms. The molecule has 10 heteroatoms. The summed E-state index contributed by atoms with van der Waals surface area (Å²) in [5.41, 5.74) is 10.3. The zero-order valence-electron chi connectivity index (χ0n) is 28.9. The van der Waals surface area contributed by atoms with E-state index >= 15 is 0 Å². The van der Waals surface area contributed by atoms with Gasteiger partial charge in [0.1, 0.15) is 24.1 Å². The summed E-state index contributed by atoms with van der Waals surface area (Å²) in [7, 11) is -4.43. The van der Waals surface area contributed by atoms with Crippen molar-refractivity contribution in [3.63, 3.8) is 0 Å². The largest absolute Gasteiger partial charge is 0.541 e. The minimum atomic E-state index is -2.25. The van der Waals surface area contributed by atoms with Crippen molar-refractivity contribution in [2.75, 3.05) is 6.61 Å². The first-order valence-electron chi connectivity index (χ1n) is 15.9. The second-order valence-corrected chi connectivity index (χ2v) is 24.6. The number of rotatable bonds is 11. The van der Waals surface area contributed by atoms with Gasteiger partial charge in [0.2, 0.25) is 0 Å². The lowest BCUT2D eigenvalue weighted by atomic mass is 9.98. The Hall–Kier alpha value is -3.61. The van der Waals surface area contributed by atoms with Gasteiger partial charge >= 0.3 is 12.1 Å². The molecule has 1 aliphatic rings. The van der Waals surface area contributed by atoms with Gasteiger partial charge in [0.05, 0.1) is 0 Å². The number of hydrogen-bond acceptors (Lipinski definition) is 6. The number of carbonyl (C=O) groups is 2. The van der Waals surface area contributed by atoms with Crippen LogP contribution in [0.5, 0.6) is 11.5 Å². The van der Waals surface area contributed by atoms with Crippen molar-refractivity contribution in [2.45, 2.75) is 96.2 Å². The van der Waals surface area contributed by atoms with Crippen LogP contribution in [-0.4, -0.2) is 46.5 Å². The summed E-state index contributed by atoms with van der Waals surface area (Å²) in [6.45, 7) is 22.0. The highest BCUT2D eigenvalue weighted by Crippen LogP contribution is 2.45. The van der Waals surface area contributed by atoms with Crippen molar-refractivity contribution in [2.24, 2.45) is 0 Å². The number of ether oxygens (including phenoxy) is 1. The molecule has 248 valence electrons. The van der Waals surface area contributed by atoms with E-state index in [-0.39, 0.29) is 29.0 Å². The molecule has 0 unspecified atom stereocenters. The summed E-state index contributed by atoms with van der Waals surface area (Å²) < 4.78 is 19.0. The summed E-state index contributed by atoms with van der Waals surface area (Å²) in [5.74, 6) is 0.103. The van der Waals surface area contributed by atoms with Crippen molar-refractivity contribution in [3.05, 3.63) is 83.4 Å². The maximum Gasteiger partial charge on any atom is 0.421 e. The Labute approximate surface area is 276 Å². The predicted molar refractivity (Wildman–Crippen MR) is 189 cm³/mol. The van der Waals surface area contributed by atoms with Crippen LogP contribution in [0.1, 0.15) is 64.2 Å². The van der Waals surface area contributed by atoms with Crippen molar-refractivity contribution in [1.82, 2.24) is 10.9 Å². The molecule has 0 radical (unpaired) electrons. The highest BCUT2D eigenvalue weighted by molar-refractivity contribution is 6.75. The number of amides is 1. The smallest absolute Gasteiger partial charge is 0.421 e. The molecule has 0 saturated heterocycles. The minimum Gasteiger partial charge on any atom is -0.541 e. The zero-order valence-corrected chi connectivity index (χ0v) is 30.9. The molecule has 3 aromatic rings. The van der Waals surface area contributed by atoms with Crippen LogP contribution in [0.3, 0.4) is 0 Å². The van der Waals surface area contributed by atoms with Crippen molar-refractivity contribution >= 4 is 28.7 Å². The monoisotopic (exact) mass is 662 g/mol. The van der Waals surface area contributed by atoms with Crippen LogP contribution in [0, 0.1) is 0 Å². The first-order chi connectivity index (χ1) is 21.3. The van der Waals surface area contributed by atoms with Gasteiger partial charge in [0.15, 0.2) is 0 Å². The van der Waals surface area contributed by atoms with Gasteiger partial charge in [-0.1, -0.05) is 96.1 Å². The summed E-state index contributed by atoms with van der Waals surface area (Å²) >= 11 is 0. The maximum absolute atomic E-state index is 12.7. The first kappa shape index (κ1) is 35.3. The van der Waals surface area contributed by atoms with E-state index in [1.54, 1.807) is 0 Å². The molecular weight excluding hydrogens is 613 g/mol. The fourth-order valence-electron chi connectivity index (χ4n) is 4.92. The summed E-state index contributed by atoms with van der Waals surface area (Å²) in [6, 6.07) is 20.7. The minimum absolute atomic E-state index is 0.0109. The number of carbonyl (C=O) groups excluding carboxylic acids is 1. The molecule has 1 amide bonds. The molecular formula is C36H50N2O6Si2. The molecule has 0 spiro atoms. The van der Waals surface area contributed by atoms with Gasteiger partial charge in [0.25, 0.3) is 16.6 Å². The van der Waals surface area contributed by atoms with Gasteiger partial charge in [-0.2, -0.15) is 0 Å². The summed E-state index contributed by atoms with van der Waals surface area (Å²) in [4.78, 5) is 25.0. The van der Waals surface area contributed by atoms with E-state index in [0.717, 1.165) is 27.8 Å². The van der Waals surface area contributed by atoms with Gasteiger partial charge in [-0.05, 0) is 76.2 Å². The quantitative estimate of drug-likeness (QED) is 0.140. The van der Waals surface area contributed by atoms with Gasteiger partial charge in [-0.3, -0.25) is 10.2 Å². The Morgan fingerprint density at radius 2 is 1.28 bits per heavy atom. The van der Waals surface area contributed by atoms with Crippen LogP contribution in [-0.2, 0) is 16.0 Å². The summed E-state index contributed by atoms with van der Waals surface area (Å²) in [5, 5.41) is 9.97. The Kier molecular flexibility index (Phi) is 10.2.